The minimum absolute atomic E-state index is 0.0247. The SMILES string of the molecule is CC(C)Oc1ccc(N)c(C(=N)c2ccnc(NC(=O)Cc3ccsc3)c2)c1. The van der Waals surface area contributed by atoms with Gasteiger partial charge in [0.2, 0.25) is 5.91 Å². The molecule has 0 saturated heterocycles. The van der Waals surface area contributed by atoms with Crippen molar-refractivity contribution in [3.8, 4) is 5.75 Å². The molecule has 0 spiro atoms. The third-order valence-electron chi connectivity index (χ3n) is 3.93. The second-order valence-corrected chi connectivity index (χ2v) is 7.36. The lowest BCUT2D eigenvalue weighted by atomic mass is 10.0. The van der Waals surface area contributed by atoms with Crippen LogP contribution >= 0.6 is 11.3 Å². The summed E-state index contributed by atoms with van der Waals surface area (Å²) in [5.74, 6) is 0.902. The number of benzene rings is 1. The zero-order chi connectivity index (χ0) is 20.1. The molecular weight excluding hydrogens is 372 g/mol. The fourth-order valence-electron chi connectivity index (χ4n) is 2.67. The number of carbonyl (C=O) groups excluding carboxylic acids is 1. The lowest BCUT2D eigenvalue weighted by Crippen LogP contribution is -2.15. The van der Waals surface area contributed by atoms with E-state index in [1.807, 2.05) is 30.7 Å². The van der Waals surface area contributed by atoms with E-state index in [1.165, 1.54) is 0 Å². The van der Waals surface area contributed by atoms with Crippen molar-refractivity contribution in [2.75, 3.05) is 11.1 Å². The molecule has 2 heterocycles. The Bertz CT molecular complexity index is 984. The molecule has 1 amide bonds. The first-order valence-electron chi connectivity index (χ1n) is 8.85. The largest absolute Gasteiger partial charge is 0.491 e. The maximum atomic E-state index is 12.2. The number of nitrogens with zero attached hydrogens (tertiary/aromatic N) is 1. The molecule has 3 rings (SSSR count). The zero-order valence-corrected chi connectivity index (χ0v) is 16.5. The van der Waals surface area contributed by atoms with E-state index in [0.717, 1.165) is 5.56 Å². The molecule has 7 heteroatoms. The van der Waals surface area contributed by atoms with Crippen molar-refractivity contribution >= 4 is 34.5 Å². The Morgan fingerprint density at radius 2 is 2.11 bits per heavy atom. The number of nitrogens with two attached hydrogens (primary N) is 1. The van der Waals surface area contributed by atoms with Crippen molar-refractivity contribution in [3.05, 3.63) is 70.0 Å². The highest BCUT2D eigenvalue weighted by Gasteiger charge is 2.13. The second kappa shape index (κ2) is 8.67. The van der Waals surface area contributed by atoms with Crippen LogP contribution in [0.5, 0.6) is 5.75 Å². The molecule has 1 aromatic carbocycles. The highest BCUT2D eigenvalue weighted by molar-refractivity contribution is 7.08. The number of anilines is 2. The van der Waals surface area contributed by atoms with E-state index in [1.54, 1.807) is 47.9 Å². The van der Waals surface area contributed by atoms with E-state index in [-0.39, 0.29) is 24.1 Å². The summed E-state index contributed by atoms with van der Waals surface area (Å²) in [5.41, 5.74) is 8.93. The Kier molecular flexibility index (Phi) is 6.06. The predicted molar refractivity (Wildman–Crippen MR) is 113 cm³/mol. The molecule has 0 saturated carbocycles. The number of nitrogen functional groups attached to an aromatic ring is 1. The summed E-state index contributed by atoms with van der Waals surface area (Å²) in [5, 5.41) is 15.2. The average Bonchev–Trinajstić information content (AvgIpc) is 3.15. The molecule has 4 N–H and O–H groups in total. The van der Waals surface area contributed by atoms with Gasteiger partial charge < -0.3 is 15.8 Å². The number of amides is 1. The van der Waals surface area contributed by atoms with Crippen LogP contribution in [0.2, 0.25) is 0 Å². The topological polar surface area (TPSA) is 101 Å². The zero-order valence-electron chi connectivity index (χ0n) is 15.7. The third kappa shape index (κ3) is 4.95. The van der Waals surface area contributed by atoms with Crippen LogP contribution in [0.3, 0.4) is 0 Å². The van der Waals surface area contributed by atoms with Crippen LogP contribution in [0.15, 0.2) is 53.4 Å². The molecule has 0 aliphatic carbocycles. The number of rotatable bonds is 7. The van der Waals surface area contributed by atoms with Crippen molar-refractivity contribution in [1.29, 1.82) is 5.41 Å². The molecule has 0 unspecified atom stereocenters. The highest BCUT2D eigenvalue weighted by Crippen LogP contribution is 2.24. The van der Waals surface area contributed by atoms with Crippen LogP contribution in [0, 0.1) is 5.41 Å². The van der Waals surface area contributed by atoms with E-state index in [9.17, 15) is 4.79 Å². The predicted octanol–water partition coefficient (Wildman–Crippen LogP) is 4.11. The van der Waals surface area contributed by atoms with Crippen molar-refractivity contribution in [3.63, 3.8) is 0 Å². The van der Waals surface area contributed by atoms with Gasteiger partial charge in [-0.05, 0) is 66.6 Å². The van der Waals surface area contributed by atoms with E-state index in [0.29, 0.717) is 28.4 Å². The van der Waals surface area contributed by atoms with Gasteiger partial charge in [0.25, 0.3) is 0 Å². The number of aromatic nitrogens is 1. The number of carbonyl (C=O) groups is 1. The second-order valence-electron chi connectivity index (χ2n) is 6.58. The maximum absolute atomic E-state index is 12.2. The molecule has 0 bridgehead atoms. The number of pyridine rings is 1. The van der Waals surface area contributed by atoms with Gasteiger partial charge in [-0.25, -0.2) is 4.98 Å². The molecule has 0 radical (unpaired) electrons. The van der Waals surface area contributed by atoms with E-state index in [2.05, 4.69) is 10.3 Å². The van der Waals surface area contributed by atoms with Gasteiger partial charge in [0, 0.05) is 23.0 Å². The summed E-state index contributed by atoms with van der Waals surface area (Å²) in [6.07, 6.45) is 1.87. The van der Waals surface area contributed by atoms with E-state index >= 15 is 0 Å². The molecule has 0 aliphatic rings. The van der Waals surface area contributed by atoms with Gasteiger partial charge in [0.1, 0.15) is 11.6 Å². The quantitative estimate of drug-likeness (QED) is 0.415. The Hall–Kier alpha value is -3.19. The summed E-state index contributed by atoms with van der Waals surface area (Å²) in [7, 11) is 0. The van der Waals surface area contributed by atoms with Crippen LogP contribution in [-0.4, -0.2) is 22.7 Å². The Morgan fingerprint density at radius 3 is 2.82 bits per heavy atom. The maximum Gasteiger partial charge on any atom is 0.229 e. The van der Waals surface area contributed by atoms with Crippen molar-refractivity contribution in [2.45, 2.75) is 26.4 Å². The molecular formula is C21H22N4O2S. The Balaban J connectivity index is 1.78. The van der Waals surface area contributed by atoms with Crippen molar-refractivity contribution in [2.24, 2.45) is 0 Å². The number of nitrogens with one attached hydrogen (secondary N) is 2. The molecule has 0 fully saturated rings. The first kappa shape index (κ1) is 19.6. The van der Waals surface area contributed by atoms with Gasteiger partial charge >= 0.3 is 0 Å². The van der Waals surface area contributed by atoms with Crippen LogP contribution in [0.1, 0.15) is 30.5 Å². The highest BCUT2D eigenvalue weighted by atomic mass is 32.1. The fourth-order valence-corrected chi connectivity index (χ4v) is 3.34. The Labute approximate surface area is 167 Å². The fraction of sp³-hybridized carbons (Fsp3) is 0.190. The normalized spacial score (nSPS) is 10.7. The standard InChI is InChI=1S/C21H22N4O2S/c1-13(2)27-16-3-4-18(22)17(11-16)21(23)15-5-7-24-19(10-15)25-20(26)9-14-6-8-28-12-14/h3-8,10-13,23H,9,22H2,1-2H3,(H,24,25,26). The van der Waals surface area contributed by atoms with Gasteiger partial charge in [-0.3, -0.25) is 10.2 Å². The number of ether oxygens (including phenoxy) is 1. The number of thiophene rings is 1. The minimum atomic E-state index is -0.151. The summed E-state index contributed by atoms with van der Waals surface area (Å²) in [6.45, 7) is 3.88. The van der Waals surface area contributed by atoms with Gasteiger partial charge in [0.05, 0.1) is 18.2 Å². The molecule has 3 aromatic rings. The monoisotopic (exact) mass is 394 g/mol. The summed E-state index contributed by atoms with van der Waals surface area (Å²) < 4.78 is 5.70. The van der Waals surface area contributed by atoms with Gasteiger partial charge in [-0.2, -0.15) is 11.3 Å². The smallest absolute Gasteiger partial charge is 0.229 e. The molecule has 28 heavy (non-hydrogen) atoms. The van der Waals surface area contributed by atoms with Gasteiger partial charge in [-0.1, -0.05) is 0 Å². The molecule has 144 valence electrons. The summed E-state index contributed by atoms with van der Waals surface area (Å²) in [6, 6.07) is 10.6. The lowest BCUT2D eigenvalue weighted by molar-refractivity contribution is -0.115. The van der Waals surface area contributed by atoms with Gasteiger partial charge in [-0.15, -0.1) is 0 Å². The number of hydrogen-bond donors (Lipinski definition) is 3. The van der Waals surface area contributed by atoms with Crippen molar-refractivity contribution < 1.29 is 9.53 Å². The minimum Gasteiger partial charge on any atom is -0.491 e. The van der Waals surface area contributed by atoms with Crippen LogP contribution in [-0.2, 0) is 11.2 Å². The molecule has 0 aliphatic heterocycles. The van der Waals surface area contributed by atoms with Crippen LogP contribution in [0.25, 0.3) is 0 Å². The molecule has 6 nitrogen and oxygen atoms in total. The van der Waals surface area contributed by atoms with Crippen LogP contribution < -0.4 is 15.8 Å². The molecule has 2 aromatic heterocycles. The Morgan fingerprint density at radius 1 is 1.29 bits per heavy atom. The third-order valence-corrected chi connectivity index (χ3v) is 4.66. The number of hydrogen-bond acceptors (Lipinski definition) is 6. The lowest BCUT2D eigenvalue weighted by Gasteiger charge is -2.14. The first-order chi connectivity index (χ1) is 13.4. The molecule has 0 atom stereocenters. The van der Waals surface area contributed by atoms with Gasteiger partial charge in [0.15, 0.2) is 0 Å². The van der Waals surface area contributed by atoms with Crippen molar-refractivity contribution in [1.82, 2.24) is 4.98 Å². The van der Waals surface area contributed by atoms with E-state index in [4.69, 9.17) is 15.9 Å². The summed E-state index contributed by atoms with van der Waals surface area (Å²) >= 11 is 1.55. The van der Waals surface area contributed by atoms with Crippen LogP contribution in [0.4, 0.5) is 11.5 Å². The first-order valence-corrected chi connectivity index (χ1v) is 9.79. The summed E-state index contributed by atoms with van der Waals surface area (Å²) in [4.78, 5) is 16.4. The van der Waals surface area contributed by atoms with E-state index < -0.39 is 0 Å². The average molecular weight is 395 g/mol.